The minimum atomic E-state index is -0.709. The number of aryl methyl sites for hydroxylation is 1. The summed E-state index contributed by atoms with van der Waals surface area (Å²) < 4.78 is 16.7. The number of halogens is 4. The van der Waals surface area contributed by atoms with Crippen LogP contribution in [0.1, 0.15) is 45.4 Å². The van der Waals surface area contributed by atoms with Crippen molar-refractivity contribution >= 4 is 40.7 Å². The largest absolute Gasteiger partial charge is 0.345 e. The molecule has 1 amide bonds. The van der Waals surface area contributed by atoms with E-state index >= 15 is 4.39 Å². The maximum absolute atomic E-state index is 15.4. The maximum Gasteiger partial charge on any atom is 0.274 e. The van der Waals surface area contributed by atoms with Gasteiger partial charge in [0, 0.05) is 43.9 Å². The molecule has 3 aromatic heterocycles. The molecule has 1 fully saturated rings. The zero-order chi connectivity index (χ0) is 27.3. The molecule has 0 unspecified atom stereocenters. The van der Waals surface area contributed by atoms with E-state index in [1.165, 1.54) is 33.9 Å². The molecule has 194 valence electrons. The molecule has 1 aliphatic carbocycles. The summed E-state index contributed by atoms with van der Waals surface area (Å²) in [4.78, 5) is 35.7. The summed E-state index contributed by atoms with van der Waals surface area (Å²) in [5.74, 6) is -0.942. The van der Waals surface area contributed by atoms with Gasteiger partial charge in [-0.05, 0) is 66.6 Å². The van der Waals surface area contributed by atoms with Gasteiger partial charge in [0.2, 0.25) is 0 Å². The molecular weight excluding hydrogens is 550 g/mol. The Morgan fingerprint density at radius 2 is 1.84 bits per heavy atom. The number of carbonyl (C=O) groups is 1. The van der Waals surface area contributed by atoms with E-state index in [0.29, 0.717) is 16.4 Å². The van der Waals surface area contributed by atoms with Crippen LogP contribution >= 0.6 is 34.8 Å². The van der Waals surface area contributed by atoms with Crippen LogP contribution in [-0.4, -0.2) is 39.4 Å². The lowest BCUT2D eigenvalue weighted by Crippen LogP contribution is -2.23. The lowest BCUT2D eigenvalue weighted by molar-refractivity contribution is 0.0823. The predicted octanol–water partition coefficient (Wildman–Crippen LogP) is 6.68. The first kappa shape index (κ1) is 26.4. The summed E-state index contributed by atoms with van der Waals surface area (Å²) in [6.07, 6.45) is 5.53. The monoisotopic (exact) mass is 570 g/mol. The molecule has 38 heavy (non-hydrogen) atoms. The molecule has 1 aliphatic rings. The van der Waals surface area contributed by atoms with Crippen molar-refractivity contribution in [3.8, 4) is 16.9 Å². The fourth-order valence-corrected chi connectivity index (χ4v) is 5.37. The van der Waals surface area contributed by atoms with Crippen LogP contribution in [0.4, 0.5) is 4.39 Å². The molecule has 1 aromatic carbocycles. The highest BCUT2D eigenvalue weighted by Gasteiger charge is 2.42. The Morgan fingerprint density at radius 3 is 2.55 bits per heavy atom. The van der Waals surface area contributed by atoms with Crippen LogP contribution in [0.15, 0.2) is 59.8 Å². The van der Waals surface area contributed by atoms with Gasteiger partial charge in [-0.2, -0.15) is 0 Å². The van der Waals surface area contributed by atoms with Crippen molar-refractivity contribution in [1.82, 2.24) is 19.4 Å². The third-order valence-electron chi connectivity index (χ3n) is 6.69. The predicted molar refractivity (Wildman–Crippen MR) is 147 cm³/mol. The molecule has 1 saturated carbocycles. The zero-order valence-electron chi connectivity index (χ0n) is 20.7. The van der Waals surface area contributed by atoms with Gasteiger partial charge in [-0.1, -0.05) is 40.9 Å². The number of nitrogens with zero attached hydrogens (tertiary/aromatic N) is 4. The highest BCUT2D eigenvalue weighted by molar-refractivity contribution is 6.32. The summed E-state index contributed by atoms with van der Waals surface area (Å²) in [6.45, 7) is 1.78. The molecule has 0 radical (unpaired) electrons. The van der Waals surface area contributed by atoms with Gasteiger partial charge in [0.1, 0.15) is 10.8 Å². The van der Waals surface area contributed by atoms with Gasteiger partial charge in [-0.25, -0.2) is 4.39 Å². The number of hydrogen-bond donors (Lipinski definition) is 0. The fraction of sp³-hybridized carbons (Fsp3) is 0.214. The molecular formula is C28H22Cl3FN4O2. The van der Waals surface area contributed by atoms with E-state index in [9.17, 15) is 9.59 Å². The number of hydrogen-bond acceptors (Lipinski definition) is 4. The highest BCUT2D eigenvalue weighted by Crippen LogP contribution is 2.56. The third kappa shape index (κ3) is 4.70. The second-order valence-electron chi connectivity index (χ2n) is 9.47. The van der Waals surface area contributed by atoms with Gasteiger partial charge in [-0.15, -0.1) is 0 Å². The summed E-state index contributed by atoms with van der Waals surface area (Å²) in [5.41, 5.74) is 2.48. The standard InChI is InChI=1S/C28H22Cl3FN4O2/c1-14-7-21(20-9-19(20)15-8-16(29)12-33-11-15)25(31)28(38)36(14)24-10-23(34-13-22(24)30)17-5-4-6-18(26(17)32)27(37)35(2)3/h4-8,10-13,19-20H,9H2,1-3H3/t19-,20+/m1/s1. The SMILES string of the molecule is Cc1cc([C@H]2C[C@@H]2c2cncc(Cl)c2)c(Cl)c(=O)n1-c1cc(-c2cccc(C(=O)N(C)C)c2F)ncc1Cl. The van der Waals surface area contributed by atoms with E-state index in [2.05, 4.69) is 9.97 Å². The van der Waals surface area contributed by atoms with Crippen molar-refractivity contribution in [2.24, 2.45) is 0 Å². The van der Waals surface area contributed by atoms with E-state index < -0.39 is 17.3 Å². The number of carbonyl (C=O) groups excluding carboxylic acids is 1. The summed E-state index contributed by atoms with van der Waals surface area (Å²) >= 11 is 19.2. The van der Waals surface area contributed by atoms with E-state index in [-0.39, 0.29) is 38.7 Å². The molecule has 2 atom stereocenters. The van der Waals surface area contributed by atoms with Gasteiger partial charge in [0.25, 0.3) is 11.5 Å². The van der Waals surface area contributed by atoms with Crippen molar-refractivity contribution < 1.29 is 9.18 Å². The van der Waals surface area contributed by atoms with Gasteiger partial charge >= 0.3 is 0 Å². The van der Waals surface area contributed by atoms with Crippen LogP contribution in [0, 0.1) is 12.7 Å². The zero-order valence-corrected chi connectivity index (χ0v) is 22.9. The summed E-state index contributed by atoms with van der Waals surface area (Å²) in [5, 5.41) is 0.845. The summed E-state index contributed by atoms with van der Waals surface area (Å²) in [6, 6.07) is 9.78. The average molecular weight is 572 g/mol. The Morgan fingerprint density at radius 1 is 1.08 bits per heavy atom. The first-order valence-corrected chi connectivity index (χ1v) is 12.9. The van der Waals surface area contributed by atoms with E-state index in [0.717, 1.165) is 17.5 Å². The molecule has 0 aliphatic heterocycles. The topological polar surface area (TPSA) is 68.1 Å². The second-order valence-corrected chi connectivity index (χ2v) is 10.7. The Kier molecular flexibility index (Phi) is 7.03. The third-order valence-corrected chi connectivity index (χ3v) is 7.57. The van der Waals surface area contributed by atoms with Crippen LogP contribution in [0.3, 0.4) is 0 Å². The Hall–Kier alpha value is -3.26. The minimum absolute atomic E-state index is 0.0679. The molecule has 10 heteroatoms. The molecule has 4 aromatic rings. The molecule has 0 spiro atoms. The van der Waals surface area contributed by atoms with Crippen molar-refractivity contribution in [2.45, 2.75) is 25.2 Å². The van der Waals surface area contributed by atoms with Crippen molar-refractivity contribution in [2.75, 3.05) is 14.1 Å². The number of amides is 1. The Labute approximate surface area is 233 Å². The smallest absolute Gasteiger partial charge is 0.274 e. The van der Waals surface area contributed by atoms with Crippen LogP contribution in [0.2, 0.25) is 15.1 Å². The minimum Gasteiger partial charge on any atom is -0.345 e. The maximum atomic E-state index is 15.4. The first-order chi connectivity index (χ1) is 18.1. The number of benzene rings is 1. The van der Waals surface area contributed by atoms with Crippen LogP contribution in [0.25, 0.3) is 16.9 Å². The van der Waals surface area contributed by atoms with Gasteiger partial charge in [-0.3, -0.25) is 24.1 Å². The highest BCUT2D eigenvalue weighted by atomic mass is 35.5. The number of rotatable bonds is 5. The van der Waals surface area contributed by atoms with E-state index in [1.807, 2.05) is 12.1 Å². The molecule has 6 nitrogen and oxygen atoms in total. The van der Waals surface area contributed by atoms with Crippen LogP contribution < -0.4 is 5.56 Å². The van der Waals surface area contributed by atoms with Crippen LogP contribution in [0.5, 0.6) is 0 Å². The van der Waals surface area contributed by atoms with E-state index in [1.54, 1.807) is 39.5 Å². The Balaban J connectivity index is 1.55. The first-order valence-electron chi connectivity index (χ1n) is 11.8. The van der Waals surface area contributed by atoms with Crippen molar-refractivity contribution in [3.63, 3.8) is 0 Å². The normalized spacial score (nSPS) is 16.4. The number of pyridine rings is 3. The van der Waals surface area contributed by atoms with Gasteiger partial charge in [0.15, 0.2) is 0 Å². The molecule has 0 saturated heterocycles. The molecule has 5 rings (SSSR count). The molecule has 3 heterocycles. The second kappa shape index (κ2) is 10.1. The number of aromatic nitrogens is 3. The fourth-order valence-electron chi connectivity index (χ4n) is 4.72. The van der Waals surface area contributed by atoms with Gasteiger partial charge < -0.3 is 4.90 Å². The lowest BCUT2D eigenvalue weighted by atomic mass is 10.0. The van der Waals surface area contributed by atoms with Gasteiger partial charge in [0.05, 0.1) is 27.0 Å². The lowest BCUT2D eigenvalue weighted by Gasteiger charge is -2.16. The average Bonchev–Trinajstić information content (AvgIpc) is 3.68. The van der Waals surface area contributed by atoms with Crippen molar-refractivity contribution in [3.05, 3.63) is 109 Å². The molecule has 0 bridgehead atoms. The van der Waals surface area contributed by atoms with Crippen molar-refractivity contribution in [1.29, 1.82) is 0 Å². The quantitative estimate of drug-likeness (QED) is 0.268. The van der Waals surface area contributed by atoms with Crippen LogP contribution in [-0.2, 0) is 0 Å². The Bertz CT molecular complexity index is 1650. The molecule has 0 N–H and O–H groups in total. The van der Waals surface area contributed by atoms with E-state index in [4.69, 9.17) is 34.8 Å². The summed E-state index contributed by atoms with van der Waals surface area (Å²) in [7, 11) is 3.09.